The number of nitrogens with one attached hydrogen (secondary N) is 1. The second kappa shape index (κ2) is 6.29. The van der Waals surface area contributed by atoms with Crippen molar-refractivity contribution in [2.24, 2.45) is 0 Å². The van der Waals surface area contributed by atoms with Crippen molar-refractivity contribution in [1.82, 2.24) is 5.32 Å². The Morgan fingerprint density at radius 1 is 1.48 bits per heavy atom. The Morgan fingerprint density at radius 3 is 2.76 bits per heavy atom. The quantitative estimate of drug-likeness (QED) is 0.848. The molecule has 0 radical (unpaired) electrons. The number of aliphatic hydroxyl groups is 1. The normalized spacial score (nSPS) is 25.7. The maximum absolute atomic E-state index is 13.4. The number of aliphatic hydroxyl groups excluding tert-OH is 1. The lowest BCUT2D eigenvalue weighted by Crippen LogP contribution is -2.30. The number of hydrogen-bond acceptors (Lipinski definition) is 5. The first-order valence-electron chi connectivity index (χ1n) is 6.90. The molecule has 118 valence electrons. The van der Waals surface area contributed by atoms with Crippen molar-refractivity contribution in [3.63, 3.8) is 0 Å². The van der Waals surface area contributed by atoms with Crippen LogP contribution in [0.25, 0.3) is 0 Å². The summed E-state index contributed by atoms with van der Waals surface area (Å²) in [5, 5.41) is 13.0. The lowest BCUT2D eigenvalue weighted by Gasteiger charge is -2.21. The van der Waals surface area contributed by atoms with Crippen molar-refractivity contribution in [3.8, 4) is 5.75 Å². The third kappa shape index (κ3) is 3.93. The Hall–Kier alpha value is -1.18. The second-order valence-electron chi connectivity index (χ2n) is 5.26. The highest BCUT2D eigenvalue weighted by Crippen LogP contribution is 2.29. The summed E-state index contributed by atoms with van der Waals surface area (Å²) in [6, 6.07) is 4.09. The highest BCUT2D eigenvalue weighted by Gasteiger charge is 2.38. The number of halogens is 1. The molecule has 1 saturated heterocycles. The Balaban J connectivity index is 2.24. The van der Waals surface area contributed by atoms with Crippen LogP contribution in [0.15, 0.2) is 18.2 Å². The third-order valence-electron chi connectivity index (χ3n) is 3.50. The van der Waals surface area contributed by atoms with E-state index >= 15 is 0 Å². The van der Waals surface area contributed by atoms with Crippen LogP contribution in [-0.4, -0.2) is 43.8 Å². The topological polar surface area (TPSA) is 75.6 Å². The number of rotatable bonds is 5. The first kappa shape index (κ1) is 16.2. The van der Waals surface area contributed by atoms with E-state index in [0.717, 1.165) is 12.1 Å². The Kier molecular flexibility index (Phi) is 4.85. The van der Waals surface area contributed by atoms with Crippen LogP contribution in [0.3, 0.4) is 0 Å². The Bertz CT molecular complexity index is 605. The van der Waals surface area contributed by atoms with Crippen LogP contribution in [0.4, 0.5) is 4.39 Å². The molecule has 1 fully saturated rings. The summed E-state index contributed by atoms with van der Waals surface area (Å²) in [5.41, 5.74) is 0.731. The van der Waals surface area contributed by atoms with Crippen LogP contribution in [-0.2, 0) is 9.84 Å². The van der Waals surface area contributed by atoms with Gasteiger partial charge in [-0.05, 0) is 19.5 Å². The summed E-state index contributed by atoms with van der Waals surface area (Å²) in [6.07, 6.45) is -1.94. The van der Waals surface area contributed by atoms with E-state index in [1.807, 2.05) is 13.8 Å². The van der Waals surface area contributed by atoms with E-state index in [1.165, 1.54) is 12.1 Å². The molecule has 0 saturated carbocycles. The zero-order valence-corrected chi connectivity index (χ0v) is 12.9. The zero-order valence-electron chi connectivity index (χ0n) is 12.0. The maximum Gasteiger partial charge on any atom is 0.156 e. The van der Waals surface area contributed by atoms with Crippen molar-refractivity contribution < 1.29 is 22.7 Å². The number of ether oxygens (including phenoxy) is 1. The van der Waals surface area contributed by atoms with Crippen LogP contribution < -0.4 is 10.1 Å². The molecule has 0 aliphatic carbocycles. The first-order chi connectivity index (χ1) is 9.82. The largest absolute Gasteiger partial charge is 0.486 e. The third-order valence-corrected chi connectivity index (χ3v) is 5.19. The lowest BCUT2D eigenvalue weighted by molar-refractivity contribution is 0.0725. The molecule has 0 amide bonds. The molecule has 1 heterocycles. The minimum atomic E-state index is -3.30. The predicted octanol–water partition coefficient (Wildman–Crippen LogP) is 1.03. The number of benzene rings is 1. The van der Waals surface area contributed by atoms with Gasteiger partial charge in [-0.15, -0.1) is 0 Å². The summed E-state index contributed by atoms with van der Waals surface area (Å²) in [6.45, 7) is 4.59. The molecular formula is C14H20FNO4S. The van der Waals surface area contributed by atoms with Gasteiger partial charge in [-0.1, -0.05) is 13.0 Å². The number of hydrogen-bond donors (Lipinski definition) is 2. The molecule has 0 bridgehead atoms. The molecular weight excluding hydrogens is 297 g/mol. The van der Waals surface area contributed by atoms with Gasteiger partial charge in [-0.3, -0.25) is 0 Å². The van der Waals surface area contributed by atoms with Gasteiger partial charge in [-0.2, -0.15) is 0 Å². The zero-order chi connectivity index (χ0) is 15.6. The van der Waals surface area contributed by atoms with Crippen molar-refractivity contribution in [3.05, 3.63) is 29.6 Å². The summed E-state index contributed by atoms with van der Waals surface area (Å²) in [7, 11) is -3.30. The standard InChI is InChI=1S/C14H20FNO4S/c1-3-16-9(2)11-5-4-10(15)6-13(11)20-14-8-21(18,19)7-12(14)17/h4-6,9,12,14,16-17H,3,7-8H2,1-2H3. The fourth-order valence-corrected chi connectivity index (χ4v) is 4.12. The maximum atomic E-state index is 13.4. The predicted molar refractivity (Wildman–Crippen MR) is 77.6 cm³/mol. The summed E-state index contributed by atoms with van der Waals surface area (Å²) in [5.74, 6) is -0.762. The molecule has 2 rings (SSSR count). The average Bonchev–Trinajstić information content (AvgIpc) is 2.62. The first-order valence-corrected chi connectivity index (χ1v) is 8.72. The minimum Gasteiger partial charge on any atom is -0.486 e. The molecule has 0 aromatic heterocycles. The van der Waals surface area contributed by atoms with Gasteiger partial charge in [-0.25, -0.2) is 12.8 Å². The van der Waals surface area contributed by atoms with Gasteiger partial charge >= 0.3 is 0 Å². The molecule has 3 atom stereocenters. The number of sulfone groups is 1. The smallest absolute Gasteiger partial charge is 0.156 e. The fraction of sp³-hybridized carbons (Fsp3) is 0.571. The van der Waals surface area contributed by atoms with Crippen molar-refractivity contribution >= 4 is 9.84 Å². The van der Waals surface area contributed by atoms with Crippen LogP contribution in [0, 0.1) is 5.82 Å². The van der Waals surface area contributed by atoms with Crippen molar-refractivity contribution in [1.29, 1.82) is 0 Å². The van der Waals surface area contributed by atoms with Crippen molar-refractivity contribution in [2.45, 2.75) is 32.1 Å². The molecule has 1 aliphatic heterocycles. The fourth-order valence-electron chi connectivity index (χ4n) is 2.46. The van der Waals surface area contributed by atoms with Gasteiger partial charge in [0.25, 0.3) is 0 Å². The van der Waals surface area contributed by atoms with Crippen LogP contribution in [0.2, 0.25) is 0 Å². The monoisotopic (exact) mass is 317 g/mol. The van der Waals surface area contributed by atoms with Gasteiger partial charge in [0.15, 0.2) is 9.84 Å². The molecule has 21 heavy (non-hydrogen) atoms. The van der Waals surface area contributed by atoms with Crippen molar-refractivity contribution in [2.75, 3.05) is 18.1 Å². The van der Waals surface area contributed by atoms with E-state index in [-0.39, 0.29) is 23.3 Å². The van der Waals surface area contributed by atoms with Gasteiger partial charge in [0.2, 0.25) is 0 Å². The molecule has 1 aromatic carbocycles. The Morgan fingerprint density at radius 2 is 2.19 bits per heavy atom. The van der Waals surface area contributed by atoms with Gasteiger partial charge in [0, 0.05) is 17.7 Å². The van der Waals surface area contributed by atoms with E-state index in [4.69, 9.17) is 4.74 Å². The van der Waals surface area contributed by atoms with Gasteiger partial charge < -0.3 is 15.2 Å². The molecule has 5 nitrogen and oxygen atoms in total. The van der Waals surface area contributed by atoms with Crippen LogP contribution in [0.1, 0.15) is 25.5 Å². The molecule has 3 unspecified atom stereocenters. The average molecular weight is 317 g/mol. The highest BCUT2D eigenvalue weighted by molar-refractivity contribution is 7.91. The molecule has 1 aromatic rings. The second-order valence-corrected chi connectivity index (χ2v) is 7.42. The van der Waals surface area contributed by atoms with E-state index in [9.17, 15) is 17.9 Å². The Labute approximate surface area is 124 Å². The molecule has 0 spiro atoms. The van der Waals surface area contributed by atoms with Gasteiger partial charge in [0.05, 0.1) is 11.5 Å². The van der Waals surface area contributed by atoms with E-state index < -0.39 is 27.9 Å². The summed E-state index contributed by atoms with van der Waals surface area (Å²) in [4.78, 5) is 0. The summed E-state index contributed by atoms with van der Waals surface area (Å²) >= 11 is 0. The minimum absolute atomic E-state index is 0.0687. The molecule has 2 N–H and O–H groups in total. The van der Waals surface area contributed by atoms with Gasteiger partial charge in [0.1, 0.15) is 23.8 Å². The van der Waals surface area contributed by atoms with Crippen LogP contribution in [0.5, 0.6) is 5.75 Å². The lowest BCUT2D eigenvalue weighted by atomic mass is 10.1. The molecule has 1 aliphatic rings. The van der Waals surface area contributed by atoms with Crippen LogP contribution >= 0.6 is 0 Å². The van der Waals surface area contributed by atoms with E-state index in [2.05, 4.69) is 5.32 Å². The van der Waals surface area contributed by atoms with E-state index in [0.29, 0.717) is 0 Å². The van der Waals surface area contributed by atoms with E-state index in [1.54, 1.807) is 6.07 Å². The SMILES string of the molecule is CCNC(C)c1ccc(F)cc1OC1CS(=O)(=O)CC1O. The highest BCUT2D eigenvalue weighted by atomic mass is 32.2. The summed E-state index contributed by atoms with van der Waals surface area (Å²) < 4.78 is 42.0. The molecule has 7 heteroatoms.